The van der Waals surface area contributed by atoms with Crippen LogP contribution in [0.15, 0.2) is 48.5 Å². The van der Waals surface area contributed by atoms with Gasteiger partial charge in [0, 0.05) is 68.6 Å². The lowest BCUT2D eigenvalue weighted by atomic mass is 9.91. The van der Waals surface area contributed by atoms with Crippen molar-refractivity contribution in [3.8, 4) is 11.5 Å². The predicted octanol–water partition coefficient (Wildman–Crippen LogP) is 4.43. The highest BCUT2D eigenvalue weighted by atomic mass is 16.5. The molecule has 1 heterocycles. The number of nitrogens with one attached hydrogen (secondary N) is 1. The molecular formula is C32H47BN4O5. The number of carbonyl (C=O) groups excluding carboxylic acids is 2. The smallest absolute Gasteiger partial charge is 0.322 e. The number of hydrogen-bond acceptors (Lipinski definition) is 6. The molecule has 1 aliphatic heterocycles. The first kappa shape index (κ1) is 31.7. The summed E-state index contributed by atoms with van der Waals surface area (Å²) in [6.45, 7) is 6.77. The van der Waals surface area contributed by atoms with E-state index in [0.717, 1.165) is 57.3 Å². The summed E-state index contributed by atoms with van der Waals surface area (Å²) in [5.41, 5.74) is 1.42. The van der Waals surface area contributed by atoms with Crippen molar-refractivity contribution in [2.75, 3.05) is 45.8 Å². The van der Waals surface area contributed by atoms with Gasteiger partial charge in [-0.15, -0.1) is 0 Å². The summed E-state index contributed by atoms with van der Waals surface area (Å²) in [7, 11) is 5.41. The van der Waals surface area contributed by atoms with Crippen LogP contribution >= 0.6 is 0 Å². The lowest BCUT2D eigenvalue weighted by Gasteiger charge is -2.44. The summed E-state index contributed by atoms with van der Waals surface area (Å²) in [6, 6.07) is 15.9. The van der Waals surface area contributed by atoms with Crippen LogP contribution < -0.4 is 14.8 Å². The zero-order valence-electron chi connectivity index (χ0n) is 25.9. The van der Waals surface area contributed by atoms with Crippen LogP contribution in [0.25, 0.3) is 0 Å². The third kappa shape index (κ3) is 8.41. The molecule has 1 saturated heterocycles. The second-order valence-corrected chi connectivity index (χ2v) is 11.7. The normalized spacial score (nSPS) is 18.9. The molecule has 0 radical (unpaired) electrons. The third-order valence-corrected chi connectivity index (χ3v) is 8.28. The number of anilines is 1. The van der Waals surface area contributed by atoms with Gasteiger partial charge in [-0.2, -0.15) is 0 Å². The summed E-state index contributed by atoms with van der Waals surface area (Å²) in [4.78, 5) is 33.3. The van der Waals surface area contributed by atoms with Gasteiger partial charge in [-0.05, 0) is 76.3 Å². The maximum atomic E-state index is 13.9. The van der Waals surface area contributed by atoms with Crippen LogP contribution in [0.1, 0.15) is 62.7 Å². The van der Waals surface area contributed by atoms with E-state index in [1.54, 1.807) is 26.4 Å². The number of para-hydroxylation sites is 1. The molecule has 9 nitrogen and oxygen atoms in total. The highest BCUT2D eigenvalue weighted by molar-refractivity contribution is 6.04. The SMILES string of the molecule is BN1C[C@H](N(C(=O)c2ccc(OC)c(OCCCOC)c2)C(C)C)CC[C@@H]1CCN(C(=O)Nc1ccccc1)C1CC1. The van der Waals surface area contributed by atoms with E-state index in [1.807, 2.05) is 46.2 Å². The molecule has 1 aliphatic carbocycles. The molecule has 42 heavy (non-hydrogen) atoms. The van der Waals surface area contributed by atoms with Crippen molar-refractivity contribution < 1.29 is 23.8 Å². The lowest BCUT2D eigenvalue weighted by molar-refractivity contribution is 0.0468. The first-order valence-corrected chi connectivity index (χ1v) is 15.3. The fourth-order valence-electron chi connectivity index (χ4n) is 5.89. The van der Waals surface area contributed by atoms with E-state index in [1.165, 1.54) is 0 Å². The molecule has 0 bridgehead atoms. The van der Waals surface area contributed by atoms with Crippen LogP contribution in [0.3, 0.4) is 0 Å². The van der Waals surface area contributed by atoms with Crippen molar-refractivity contribution in [3.63, 3.8) is 0 Å². The van der Waals surface area contributed by atoms with Crippen LogP contribution in [-0.2, 0) is 4.74 Å². The number of urea groups is 1. The summed E-state index contributed by atoms with van der Waals surface area (Å²) >= 11 is 0. The number of rotatable bonds is 14. The van der Waals surface area contributed by atoms with Crippen LogP contribution in [0.4, 0.5) is 10.5 Å². The fourth-order valence-corrected chi connectivity index (χ4v) is 5.89. The van der Waals surface area contributed by atoms with Gasteiger partial charge >= 0.3 is 6.03 Å². The highest BCUT2D eigenvalue weighted by Gasteiger charge is 2.36. The Kier molecular flexibility index (Phi) is 11.5. The zero-order valence-corrected chi connectivity index (χ0v) is 25.9. The van der Waals surface area contributed by atoms with E-state index in [9.17, 15) is 9.59 Å². The Morgan fingerprint density at radius 2 is 1.74 bits per heavy atom. The molecule has 3 amide bonds. The van der Waals surface area contributed by atoms with E-state index in [2.05, 4.69) is 32.0 Å². The number of hydrogen-bond donors (Lipinski definition) is 1. The molecule has 4 rings (SSSR count). The Bertz CT molecular complexity index is 1160. The molecule has 1 saturated carbocycles. The minimum Gasteiger partial charge on any atom is -0.493 e. The van der Waals surface area contributed by atoms with Gasteiger partial charge in [0.05, 0.1) is 13.7 Å². The second-order valence-electron chi connectivity index (χ2n) is 11.7. The number of carbonyl (C=O) groups is 2. The van der Waals surface area contributed by atoms with Gasteiger partial charge in [0.1, 0.15) is 0 Å². The standard InChI is InChI=1S/C32H47BN4O5/c1-23(2)37(31(38)24-11-16-29(41-4)30(21-24)42-20-8-19-40-3)28-15-14-27(36(33)22-28)17-18-35(26-12-13-26)32(39)34-25-9-6-5-7-10-25/h5-7,9-11,16,21,23,26-28H,8,12-15,17-20,22,33H2,1-4H3,(H,34,39)/t27-,28-/m1/s1. The summed E-state index contributed by atoms with van der Waals surface area (Å²) in [5.74, 6) is 1.18. The molecule has 2 atom stereocenters. The summed E-state index contributed by atoms with van der Waals surface area (Å²) in [5, 5.41) is 3.06. The van der Waals surface area contributed by atoms with Crippen molar-refractivity contribution in [3.05, 3.63) is 54.1 Å². The number of nitrogens with zero attached hydrogens (tertiary/aromatic N) is 3. The predicted molar refractivity (Wildman–Crippen MR) is 168 cm³/mol. The average Bonchev–Trinajstić information content (AvgIpc) is 3.82. The second kappa shape index (κ2) is 15.3. The highest BCUT2D eigenvalue weighted by Crippen LogP contribution is 2.32. The van der Waals surface area contributed by atoms with Gasteiger partial charge in [-0.1, -0.05) is 18.2 Å². The average molecular weight is 579 g/mol. The minimum absolute atomic E-state index is 0.00346. The Labute approximate surface area is 251 Å². The fraction of sp³-hybridized carbons (Fsp3) is 0.562. The van der Waals surface area contributed by atoms with E-state index >= 15 is 0 Å². The van der Waals surface area contributed by atoms with Gasteiger partial charge in [-0.3, -0.25) is 4.79 Å². The van der Waals surface area contributed by atoms with Gasteiger partial charge in [0.2, 0.25) is 0 Å². The van der Waals surface area contributed by atoms with Gasteiger partial charge < -0.3 is 34.1 Å². The van der Waals surface area contributed by atoms with Crippen LogP contribution in [0, 0.1) is 0 Å². The Morgan fingerprint density at radius 1 is 1.00 bits per heavy atom. The van der Waals surface area contributed by atoms with Gasteiger partial charge in [0.15, 0.2) is 19.5 Å². The van der Waals surface area contributed by atoms with Crippen molar-refractivity contribution in [2.24, 2.45) is 0 Å². The van der Waals surface area contributed by atoms with E-state index in [4.69, 9.17) is 14.2 Å². The quantitative estimate of drug-likeness (QED) is 0.264. The number of ether oxygens (including phenoxy) is 3. The largest absolute Gasteiger partial charge is 0.493 e. The van der Waals surface area contributed by atoms with E-state index in [0.29, 0.717) is 42.4 Å². The Balaban J connectivity index is 1.36. The Hall–Kier alpha value is -3.24. The van der Waals surface area contributed by atoms with Crippen molar-refractivity contribution in [1.82, 2.24) is 14.6 Å². The zero-order chi connectivity index (χ0) is 30.1. The topological polar surface area (TPSA) is 83.6 Å². The number of piperidine rings is 1. The summed E-state index contributed by atoms with van der Waals surface area (Å²) < 4.78 is 16.5. The van der Waals surface area contributed by atoms with Crippen molar-refractivity contribution in [1.29, 1.82) is 0 Å². The molecule has 2 aromatic rings. The first-order chi connectivity index (χ1) is 20.3. The van der Waals surface area contributed by atoms with Crippen LogP contribution in [-0.4, -0.2) is 99.2 Å². The molecular weight excluding hydrogens is 531 g/mol. The number of amides is 3. The lowest BCUT2D eigenvalue weighted by Crippen LogP contribution is -2.55. The molecule has 228 valence electrons. The monoisotopic (exact) mass is 578 g/mol. The molecule has 0 aromatic heterocycles. The molecule has 10 heteroatoms. The van der Waals surface area contributed by atoms with E-state index < -0.39 is 0 Å². The minimum atomic E-state index is -0.0156. The molecule has 0 spiro atoms. The molecule has 1 N–H and O–H groups in total. The van der Waals surface area contributed by atoms with Gasteiger partial charge in [-0.25, -0.2) is 4.79 Å². The van der Waals surface area contributed by atoms with Crippen LogP contribution in [0.5, 0.6) is 11.5 Å². The van der Waals surface area contributed by atoms with Crippen molar-refractivity contribution >= 4 is 25.6 Å². The number of methoxy groups -OCH3 is 2. The van der Waals surface area contributed by atoms with E-state index in [-0.39, 0.29) is 24.0 Å². The Morgan fingerprint density at radius 3 is 2.38 bits per heavy atom. The van der Waals surface area contributed by atoms with Crippen LogP contribution in [0.2, 0.25) is 0 Å². The molecule has 2 aromatic carbocycles. The molecule has 0 unspecified atom stereocenters. The van der Waals surface area contributed by atoms with Gasteiger partial charge in [0.25, 0.3) is 5.91 Å². The number of benzene rings is 2. The molecule has 2 aliphatic rings. The third-order valence-electron chi connectivity index (χ3n) is 8.28. The molecule has 2 fully saturated rings. The summed E-state index contributed by atoms with van der Waals surface area (Å²) in [6.07, 6.45) is 5.71. The maximum absolute atomic E-state index is 13.9. The maximum Gasteiger partial charge on any atom is 0.322 e. The van der Waals surface area contributed by atoms with Crippen molar-refractivity contribution in [2.45, 2.75) is 76.5 Å². The first-order valence-electron chi connectivity index (χ1n) is 15.3.